The number of hydrogen-bond acceptors (Lipinski definition) is 3. The monoisotopic (exact) mass is 447 g/mol. The van der Waals surface area contributed by atoms with Gasteiger partial charge in [-0.1, -0.05) is 61.3 Å². The third-order valence-corrected chi connectivity index (χ3v) is 6.19. The van der Waals surface area contributed by atoms with Gasteiger partial charge in [0, 0.05) is 35.6 Å². The highest BCUT2D eigenvalue weighted by atomic mass is 35.5. The van der Waals surface area contributed by atoms with Crippen LogP contribution < -0.4 is 11.1 Å². The standard InChI is InChI=1S/C23H27Cl2N3O2/c1-3-14(2)22(29)27-11-15-4-5-17-12-28(13-18(17)8-15)23(30)21(26)9-16-6-7-19(24)10-20(16)25/h4-8,10,14,21H,3,9,11-13,26H2,1-2H3,(H,27,29)/t14?,21-/m1/s1. The molecule has 160 valence electrons. The molecule has 2 atom stereocenters. The van der Waals surface area contributed by atoms with Gasteiger partial charge in [-0.25, -0.2) is 0 Å². The molecule has 0 saturated heterocycles. The van der Waals surface area contributed by atoms with Crippen molar-refractivity contribution in [2.45, 2.75) is 52.4 Å². The van der Waals surface area contributed by atoms with Crippen molar-refractivity contribution in [3.63, 3.8) is 0 Å². The fourth-order valence-corrected chi connectivity index (χ4v) is 3.99. The molecule has 1 aliphatic rings. The van der Waals surface area contributed by atoms with Crippen LogP contribution in [-0.4, -0.2) is 22.8 Å². The topological polar surface area (TPSA) is 75.4 Å². The van der Waals surface area contributed by atoms with Crippen LogP contribution in [0, 0.1) is 5.92 Å². The van der Waals surface area contributed by atoms with Crippen molar-refractivity contribution >= 4 is 35.0 Å². The Balaban J connectivity index is 1.60. The van der Waals surface area contributed by atoms with Crippen molar-refractivity contribution in [1.29, 1.82) is 0 Å². The van der Waals surface area contributed by atoms with Gasteiger partial charge in [0.2, 0.25) is 11.8 Å². The van der Waals surface area contributed by atoms with Crippen LogP contribution in [0.3, 0.4) is 0 Å². The van der Waals surface area contributed by atoms with Crippen molar-refractivity contribution in [3.8, 4) is 0 Å². The minimum Gasteiger partial charge on any atom is -0.352 e. The van der Waals surface area contributed by atoms with Gasteiger partial charge in [-0.15, -0.1) is 0 Å². The molecular weight excluding hydrogens is 421 g/mol. The average Bonchev–Trinajstić information content (AvgIpc) is 3.16. The summed E-state index contributed by atoms with van der Waals surface area (Å²) in [6, 6.07) is 10.6. The zero-order valence-electron chi connectivity index (χ0n) is 17.3. The molecule has 30 heavy (non-hydrogen) atoms. The second-order valence-corrected chi connectivity index (χ2v) is 8.71. The van der Waals surface area contributed by atoms with E-state index in [1.807, 2.05) is 26.0 Å². The first-order chi connectivity index (χ1) is 14.3. The number of fused-ring (bicyclic) bond motifs is 1. The quantitative estimate of drug-likeness (QED) is 0.671. The van der Waals surface area contributed by atoms with Crippen LogP contribution in [0.25, 0.3) is 0 Å². The Labute approximate surface area is 187 Å². The maximum Gasteiger partial charge on any atom is 0.240 e. The highest BCUT2D eigenvalue weighted by Gasteiger charge is 2.28. The van der Waals surface area contributed by atoms with E-state index in [1.165, 1.54) is 0 Å². The van der Waals surface area contributed by atoms with E-state index in [1.54, 1.807) is 23.1 Å². The molecule has 2 amide bonds. The number of halogens is 2. The second-order valence-electron chi connectivity index (χ2n) is 7.87. The van der Waals surface area contributed by atoms with Crippen LogP contribution in [0.4, 0.5) is 0 Å². The van der Waals surface area contributed by atoms with E-state index in [0.717, 1.165) is 28.7 Å². The number of carbonyl (C=O) groups is 2. The Bertz CT molecular complexity index is 948. The molecule has 0 bridgehead atoms. The van der Waals surface area contributed by atoms with Crippen molar-refractivity contribution in [2.75, 3.05) is 0 Å². The molecule has 3 rings (SSSR count). The normalized spacial score (nSPS) is 14.9. The van der Waals surface area contributed by atoms with Crippen molar-refractivity contribution < 1.29 is 9.59 Å². The lowest BCUT2D eigenvalue weighted by atomic mass is 10.1. The van der Waals surface area contributed by atoms with Gasteiger partial charge in [0.15, 0.2) is 0 Å². The Morgan fingerprint density at radius 1 is 1.13 bits per heavy atom. The summed E-state index contributed by atoms with van der Waals surface area (Å²) in [5.74, 6) is -0.0475. The second kappa shape index (κ2) is 9.82. The SMILES string of the molecule is CCC(C)C(=O)NCc1ccc2c(c1)CN(C(=O)[C@H](N)Cc1ccc(Cl)cc1Cl)C2. The van der Waals surface area contributed by atoms with E-state index >= 15 is 0 Å². The fourth-order valence-electron chi connectivity index (χ4n) is 3.51. The van der Waals surface area contributed by atoms with Gasteiger partial charge in [-0.05, 0) is 47.2 Å². The summed E-state index contributed by atoms with van der Waals surface area (Å²) >= 11 is 12.1. The van der Waals surface area contributed by atoms with E-state index in [2.05, 4.69) is 11.4 Å². The van der Waals surface area contributed by atoms with E-state index < -0.39 is 6.04 Å². The molecule has 5 nitrogen and oxygen atoms in total. The highest BCUT2D eigenvalue weighted by molar-refractivity contribution is 6.35. The lowest BCUT2D eigenvalue weighted by Crippen LogP contribution is -2.42. The average molecular weight is 448 g/mol. The molecule has 1 heterocycles. The van der Waals surface area contributed by atoms with Gasteiger partial charge in [-0.2, -0.15) is 0 Å². The number of nitrogens with zero attached hydrogens (tertiary/aromatic N) is 1. The zero-order valence-corrected chi connectivity index (χ0v) is 18.8. The summed E-state index contributed by atoms with van der Waals surface area (Å²) in [5, 5.41) is 4.03. The third kappa shape index (κ3) is 5.34. The predicted molar refractivity (Wildman–Crippen MR) is 120 cm³/mol. The number of rotatable bonds is 7. The first kappa shape index (κ1) is 22.6. The number of hydrogen-bond donors (Lipinski definition) is 2. The molecule has 0 aromatic heterocycles. The van der Waals surface area contributed by atoms with Crippen LogP contribution in [0.5, 0.6) is 0 Å². The summed E-state index contributed by atoms with van der Waals surface area (Å²) in [4.78, 5) is 26.6. The maximum atomic E-state index is 12.9. The minimum atomic E-state index is -0.674. The molecule has 3 N–H and O–H groups in total. The molecule has 0 aliphatic carbocycles. The van der Waals surface area contributed by atoms with Gasteiger partial charge in [0.1, 0.15) is 0 Å². The number of nitrogens with two attached hydrogens (primary N) is 1. The number of benzene rings is 2. The number of carbonyl (C=O) groups excluding carboxylic acids is 2. The summed E-state index contributed by atoms with van der Waals surface area (Å²) in [7, 11) is 0. The Morgan fingerprint density at radius 2 is 1.87 bits per heavy atom. The fraction of sp³-hybridized carbons (Fsp3) is 0.391. The van der Waals surface area contributed by atoms with Crippen LogP contribution in [0.2, 0.25) is 10.0 Å². The number of amides is 2. The zero-order chi connectivity index (χ0) is 21.8. The molecule has 0 fully saturated rings. The van der Waals surface area contributed by atoms with Crippen molar-refractivity contribution in [2.24, 2.45) is 11.7 Å². The van der Waals surface area contributed by atoms with Crippen LogP contribution in [0.1, 0.15) is 42.5 Å². The Kier molecular flexibility index (Phi) is 7.40. The van der Waals surface area contributed by atoms with E-state index in [4.69, 9.17) is 28.9 Å². The predicted octanol–water partition coefficient (Wildman–Crippen LogP) is 4.07. The lowest BCUT2D eigenvalue weighted by molar-refractivity contribution is -0.133. The van der Waals surface area contributed by atoms with Crippen LogP contribution in [-0.2, 0) is 35.6 Å². The first-order valence-electron chi connectivity index (χ1n) is 10.1. The third-order valence-electron chi connectivity index (χ3n) is 5.60. The van der Waals surface area contributed by atoms with Crippen molar-refractivity contribution in [1.82, 2.24) is 10.2 Å². The van der Waals surface area contributed by atoms with Crippen molar-refractivity contribution in [3.05, 3.63) is 68.7 Å². The smallest absolute Gasteiger partial charge is 0.240 e. The summed E-state index contributed by atoms with van der Waals surface area (Å²) < 4.78 is 0. The Morgan fingerprint density at radius 3 is 2.57 bits per heavy atom. The van der Waals surface area contributed by atoms with Gasteiger partial charge < -0.3 is 16.0 Å². The minimum absolute atomic E-state index is 0.00294. The molecule has 2 aromatic carbocycles. The van der Waals surface area contributed by atoms with Gasteiger partial charge >= 0.3 is 0 Å². The van der Waals surface area contributed by atoms with Gasteiger partial charge in [0.25, 0.3) is 0 Å². The molecule has 1 unspecified atom stereocenters. The highest BCUT2D eigenvalue weighted by Crippen LogP contribution is 2.26. The van der Waals surface area contributed by atoms with Crippen LogP contribution in [0.15, 0.2) is 36.4 Å². The molecular formula is C23H27Cl2N3O2. The first-order valence-corrected chi connectivity index (χ1v) is 10.9. The van der Waals surface area contributed by atoms with Crippen LogP contribution >= 0.6 is 23.2 Å². The molecule has 2 aromatic rings. The largest absolute Gasteiger partial charge is 0.352 e. The Hall–Kier alpha value is -2.08. The summed E-state index contributed by atoms with van der Waals surface area (Å²) in [6.45, 7) is 5.46. The lowest BCUT2D eigenvalue weighted by Gasteiger charge is -2.20. The summed E-state index contributed by atoms with van der Waals surface area (Å²) in [5.41, 5.74) is 10.2. The molecule has 0 radical (unpaired) electrons. The molecule has 0 spiro atoms. The molecule has 1 aliphatic heterocycles. The van der Waals surface area contributed by atoms with E-state index in [-0.39, 0.29) is 17.7 Å². The maximum absolute atomic E-state index is 12.9. The van der Waals surface area contributed by atoms with Gasteiger partial charge in [0.05, 0.1) is 6.04 Å². The van der Waals surface area contributed by atoms with E-state index in [9.17, 15) is 9.59 Å². The summed E-state index contributed by atoms with van der Waals surface area (Å²) in [6.07, 6.45) is 1.17. The van der Waals surface area contributed by atoms with Gasteiger partial charge in [-0.3, -0.25) is 9.59 Å². The molecule has 0 saturated carbocycles. The number of nitrogens with one attached hydrogen (secondary N) is 1. The molecule has 7 heteroatoms. The van der Waals surface area contributed by atoms with E-state index in [0.29, 0.717) is 36.1 Å².